The number of carbonyl (C=O) groups is 1. The Kier molecular flexibility index (Phi) is 8.81. The van der Waals surface area contributed by atoms with Crippen LogP contribution in [0.15, 0.2) is 24.3 Å². The Hall–Kier alpha value is -1.46. The summed E-state index contributed by atoms with van der Waals surface area (Å²) in [5, 5.41) is 0. The van der Waals surface area contributed by atoms with Crippen molar-refractivity contribution in [3.8, 4) is 11.5 Å². The maximum atomic E-state index is 12.0. The lowest BCUT2D eigenvalue weighted by molar-refractivity contribution is -0.132. The number of carbonyl (C=O) groups excluding carboxylic acids is 1. The number of rotatable bonds is 7. The van der Waals surface area contributed by atoms with Crippen LogP contribution < -0.4 is 15.2 Å². The highest BCUT2D eigenvalue weighted by Crippen LogP contribution is 2.18. The zero-order valence-electron chi connectivity index (χ0n) is 13.7. The van der Waals surface area contributed by atoms with Gasteiger partial charge in [0.1, 0.15) is 11.5 Å². The number of hydrogen-bond acceptors (Lipinski definition) is 4. The van der Waals surface area contributed by atoms with E-state index in [2.05, 4.69) is 0 Å². The fraction of sp³-hybridized carbons (Fsp3) is 0.588. The van der Waals surface area contributed by atoms with Gasteiger partial charge in [0.15, 0.2) is 0 Å². The van der Waals surface area contributed by atoms with Crippen molar-refractivity contribution >= 4 is 18.3 Å². The van der Waals surface area contributed by atoms with E-state index >= 15 is 0 Å². The van der Waals surface area contributed by atoms with Gasteiger partial charge in [-0.2, -0.15) is 0 Å². The van der Waals surface area contributed by atoms with Gasteiger partial charge >= 0.3 is 0 Å². The molecule has 1 aliphatic rings. The quantitative estimate of drug-likeness (QED) is 0.774. The number of hydrogen-bond donors (Lipinski definition) is 1. The maximum absolute atomic E-state index is 12.0. The molecule has 6 heteroatoms. The lowest BCUT2D eigenvalue weighted by Gasteiger charge is -2.30. The third-order valence-corrected chi connectivity index (χ3v) is 3.83. The molecule has 1 aromatic rings. The summed E-state index contributed by atoms with van der Waals surface area (Å²) < 4.78 is 11.0. The van der Waals surface area contributed by atoms with Crippen LogP contribution >= 0.6 is 12.4 Å². The summed E-state index contributed by atoms with van der Waals surface area (Å²) in [6.07, 6.45) is 3.09. The van der Waals surface area contributed by atoms with Crippen molar-refractivity contribution in [1.82, 2.24) is 4.90 Å². The van der Waals surface area contributed by atoms with E-state index in [-0.39, 0.29) is 24.4 Å². The van der Waals surface area contributed by atoms with Crippen molar-refractivity contribution < 1.29 is 14.3 Å². The second-order valence-electron chi connectivity index (χ2n) is 5.57. The molecule has 0 bridgehead atoms. The first-order valence-electron chi connectivity index (χ1n) is 8.08. The Balaban J connectivity index is 0.00000264. The number of nitrogens with two attached hydrogens (primary N) is 1. The van der Waals surface area contributed by atoms with E-state index < -0.39 is 0 Å². The summed E-state index contributed by atoms with van der Waals surface area (Å²) in [5.74, 6) is 1.86. The van der Waals surface area contributed by atoms with Gasteiger partial charge in [-0.05, 0) is 50.5 Å². The van der Waals surface area contributed by atoms with Crippen LogP contribution in [0.2, 0.25) is 0 Å². The Labute approximate surface area is 144 Å². The van der Waals surface area contributed by atoms with Gasteiger partial charge in [0.05, 0.1) is 13.2 Å². The van der Waals surface area contributed by atoms with E-state index in [0.717, 1.165) is 43.9 Å². The van der Waals surface area contributed by atoms with Crippen LogP contribution in [0.1, 0.15) is 32.6 Å². The average molecular weight is 343 g/mol. The Morgan fingerprint density at radius 1 is 1.17 bits per heavy atom. The Bertz CT molecular complexity index is 459. The molecule has 0 atom stereocenters. The van der Waals surface area contributed by atoms with Gasteiger partial charge in [0, 0.05) is 25.6 Å². The maximum Gasteiger partial charge on any atom is 0.222 e. The minimum atomic E-state index is 0. The zero-order chi connectivity index (χ0) is 15.8. The van der Waals surface area contributed by atoms with E-state index in [1.807, 2.05) is 36.1 Å². The molecule has 23 heavy (non-hydrogen) atoms. The predicted octanol–water partition coefficient (Wildman–Crippen LogP) is 2.62. The summed E-state index contributed by atoms with van der Waals surface area (Å²) in [5.41, 5.74) is 5.85. The smallest absolute Gasteiger partial charge is 0.222 e. The molecule has 0 saturated carbocycles. The molecule has 130 valence electrons. The molecule has 1 saturated heterocycles. The Morgan fingerprint density at radius 2 is 1.74 bits per heavy atom. The van der Waals surface area contributed by atoms with Crippen molar-refractivity contribution in [2.75, 3.05) is 26.3 Å². The first-order chi connectivity index (χ1) is 10.7. The lowest BCUT2D eigenvalue weighted by Crippen LogP contribution is -2.42. The molecule has 5 nitrogen and oxygen atoms in total. The van der Waals surface area contributed by atoms with E-state index in [0.29, 0.717) is 19.6 Å². The second kappa shape index (κ2) is 10.3. The van der Waals surface area contributed by atoms with Crippen molar-refractivity contribution in [3.63, 3.8) is 0 Å². The van der Waals surface area contributed by atoms with Gasteiger partial charge in [-0.3, -0.25) is 4.79 Å². The van der Waals surface area contributed by atoms with Crippen LogP contribution in [-0.2, 0) is 4.79 Å². The van der Waals surface area contributed by atoms with Crippen molar-refractivity contribution in [2.45, 2.75) is 38.6 Å². The SMILES string of the molecule is CCOc1ccc(OCCCC(=O)N2CCC(N)CC2)cc1.Cl. The molecule has 0 spiro atoms. The fourth-order valence-electron chi connectivity index (χ4n) is 2.52. The molecule has 2 N–H and O–H groups in total. The topological polar surface area (TPSA) is 64.8 Å². The number of benzene rings is 1. The molecule has 1 amide bonds. The van der Waals surface area contributed by atoms with Crippen LogP contribution in [0.25, 0.3) is 0 Å². The predicted molar refractivity (Wildman–Crippen MR) is 93.4 cm³/mol. The van der Waals surface area contributed by atoms with Gasteiger partial charge < -0.3 is 20.1 Å². The highest BCUT2D eigenvalue weighted by molar-refractivity contribution is 5.85. The number of nitrogens with zero attached hydrogens (tertiary/aromatic N) is 1. The monoisotopic (exact) mass is 342 g/mol. The van der Waals surface area contributed by atoms with Gasteiger partial charge in [0.2, 0.25) is 5.91 Å². The first kappa shape index (κ1) is 19.6. The molecule has 0 radical (unpaired) electrons. The van der Waals surface area contributed by atoms with Gasteiger partial charge in [-0.25, -0.2) is 0 Å². The number of likely N-dealkylation sites (tertiary alicyclic amines) is 1. The number of piperidine rings is 1. The van der Waals surface area contributed by atoms with E-state index in [4.69, 9.17) is 15.2 Å². The normalized spacial score (nSPS) is 15.0. The molecule has 1 heterocycles. The number of amides is 1. The van der Waals surface area contributed by atoms with Crippen molar-refractivity contribution in [1.29, 1.82) is 0 Å². The minimum absolute atomic E-state index is 0. The number of ether oxygens (including phenoxy) is 2. The second-order valence-corrected chi connectivity index (χ2v) is 5.57. The van der Waals surface area contributed by atoms with Crippen molar-refractivity contribution in [3.05, 3.63) is 24.3 Å². The summed E-state index contributed by atoms with van der Waals surface area (Å²) in [6.45, 7) is 4.74. The molecule has 1 aliphatic heterocycles. The van der Waals surface area contributed by atoms with Crippen molar-refractivity contribution in [2.24, 2.45) is 5.73 Å². The fourth-order valence-corrected chi connectivity index (χ4v) is 2.52. The van der Waals surface area contributed by atoms with Gasteiger partial charge in [0.25, 0.3) is 0 Å². The van der Waals surface area contributed by atoms with Gasteiger partial charge in [-0.15, -0.1) is 12.4 Å². The van der Waals surface area contributed by atoms with E-state index in [9.17, 15) is 4.79 Å². The first-order valence-corrected chi connectivity index (χ1v) is 8.08. The molecule has 0 aromatic heterocycles. The van der Waals surface area contributed by atoms with Crippen LogP contribution in [0.4, 0.5) is 0 Å². The van der Waals surface area contributed by atoms with Crippen LogP contribution in [0.3, 0.4) is 0 Å². The molecule has 2 rings (SSSR count). The summed E-state index contributed by atoms with van der Waals surface area (Å²) in [7, 11) is 0. The summed E-state index contributed by atoms with van der Waals surface area (Å²) in [6, 6.07) is 7.81. The van der Waals surface area contributed by atoms with Gasteiger partial charge in [-0.1, -0.05) is 0 Å². The average Bonchev–Trinajstić information content (AvgIpc) is 2.54. The molecule has 0 aliphatic carbocycles. The highest BCUT2D eigenvalue weighted by Gasteiger charge is 2.19. The standard InChI is InChI=1S/C17H26N2O3.ClH/c1-2-21-15-5-7-16(8-6-15)22-13-3-4-17(20)19-11-9-14(18)10-12-19;/h5-8,14H,2-4,9-13,18H2,1H3;1H. The lowest BCUT2D eigenvalue weighted by atomic mass is 10.1. The highest BCUT2D eigenvalue weighted by atomic mass is 35.5. The van der Waals surface area contributed by atoms with Crippen LogP contribution in [-0.4, -0.2) is 43.2 Å². The zero-order valence-corrected chi connectivity index (χ0v) is 14.5. The molecule has 0 unspecified atom stereocenters. The largest absolute Gasteiger partial charge is 0.494 e. The Morgan fingerprint density at radius 3 is 2.30 bits per heavy atom. The summed E-state index contributed by atoms with van der Waals surface area (Å²) in [4.78, 5) is 14.0. The van der Waals surface area contributed by atoms with Crippen LogP contribution in [0, 0.1) is 0 Å². The molecule has 1 fully saturated rings. The van der Waals surface area contributed by atoms with Crippen LogP contribution in [0.5, 0.6) is 11.5 Å². The summed E-state index contributed by atoms with van der Waals surface area (Å²) >= 11 is 0. The third-order valence-electron chi connectivity index (χ3n) is 3.83. The van der Waals surface area contributed by atoms with E-state index in [1.165, 1.54) is 0 Å². The number of halogens is 1. The minimum Gasteiger partial charge on any atom is -0.494 e. The molecular weight excluding hydrogens is 316 g/mol. The molecular formula is C17H27ClN2O3. The third kappa shape index (κ3) is 6.67. The molecule has 1 aromatic carbocycles. The van der Waals surface area contributed by atoms with E-state index in [1.54, 1.807) is 0 Å².